The van der Waals surface area contributed by atoms with E-state index in [-0.39, 0.29) is 18.2 Å². The number of nitrogens with two attached hydrogens (primary N) is 1. The Hall–Kier alpha value is -1.56. The molecule has 18 heavy (non-hydrogen) atoms. The number of anilines is 1. The van der Waals surface area contributed by atoms with E-state index in [9.17, 15) is 13.2 Å². The molecule has 100 valence electrons. The first-order valence-corrected chi connectivity index (χ1v) is 7.56. The van der Waals surface area contributed by atoms with Gasteiger partial charge in [-0.3, -0.25) is 4.79 Å². The molecule has 5 nitrogen and oxygen atoms in total. The van der Waals surface area contributed by atoms with Crippen molar-refractivity contribution in [3.8, 4) is 0 Å². The van der Waals surface area contributed by atoms with Crippen LogP contribution in [0.5, 0.6) is 0 Å². The summed E-state index contributed by atoms with van der Waals surface area (Å²) in [5.41, 5.74) is 7.48. The number of nitrogens with zero attached hydrogens (tertiary/aromatic N) is 1. The molecule has 0 aliphatic carbocycles. The van der Waals surface area contributed by atoms with Gasteiger partial charge in [-0.2, -0.15) is 0 Å². The highest BCUT2D eigenvalue weighted by atomic mass is 32.2. The minimum Gasteiger partial charge on any atom is -0.399 e. The highest BCUT2D eigenvalue weighted by Crippen LogP contribution is 2.14. The highest BCUT2D eigenvalue weighted by molar-refractivity contribution is 7.90. The third-order valence-electron chi connectivity index (χ3n) is 2.64. The van der Waals surface area contributed by atoms with Gasteiger partial charge in [0.25, 0.3) is 5.91 Å². The first-order chi connectivity index (χ1) is 8.20. The lowest BCUT2D eigenvalue weighted by Gasteiger charge is -2.18. The van der Waals surface area contributed by atoms with Crippen LogP contribution in [0.1, 0.15) is 15.9 Å². The number of nitrogen functional groups attached to an aromatic ring is 1. The molecule has 1 amide bonds. The van der Waals surface area contributed by atoms with Crippen molar-refractivity contribution >= 4 is 21.4 Å². The molecular weight excluding hydrogens is 252 g/mol. The minimum absolute atomic E-state index is 0.0450. The lowest BCUT2D eigenvalue weighted by atomic mass is 10.1. The van der Waals surface area contributed by atoms with Gasteiger partial charge in [-0.15, -0.1) is 0 Å². The van der Waals surface area contributed by atoms with Crippen LogP contribution in [-0.2, 0) is 9.84 Å². The largest absolute Gasteiger partial charge is 0.399 e. The van der Waals surface area contributed by atoms with Crippen LogP contribution in [0.25, 0.3) is 0 Å². The maximum atomic E-state index is 12.1. The summed E-state index contributed by atoms with van der Waals surface area (Å²) in [6.45, 7) is 1.99. The zero-order chi connectivity index (χ0) is 13.9. The molecule has 0 atom stereocenters. The molecule has 0 unspecified atom stereocenters. The van der Waals surface area contributed by atoms with Crippen molar-refractivity contribution in [2.75, 3.05) is 31.3 Å². The van der Waals surface area contributed by atoms with E-state index in [0.717, 1.165) is 11.8 Å². The summed E-state index contributed by atoms with van der Waals surface area (Å²) in [6.07, 6.45) is 1.15. The van der Waals surface area contributed by atoms with Gasteiger partial charge < -0.3 is 10.6 Å². The van der Waals surface area contributed by atoms with E-state index >= 15 is 0 Å². The van der Waals surface area contributed by atoms with E-state index in [1.807, 2.05) is 6.92 Å². The monoisotopic (exact) mass is 270 g/mol. The zero-order valence-corrected chi connectivity index (χ0v) is 11.6. The average Bonchev–Trinajstić information content (AvgIpc) is 2.27. The van der Waals surface area contributed by atoms with Crippen molar-refractivity contribution in [3.05, 3.63) is 29.3 Å². The van der Waals surface area contributed by atoms with Gasteiger partial charge in [0.1, 0.15) is 9.84 Å². The fourth-order valence-corrected chi connectivity index (χ4v) is 2.09. The van der Waals surface area contributed by atoms with E-state index in [1.54, 1.807) is 25.2 Å². The Balaban J connectivity index is 2.83. The molecule has 0 saturated heterocycles. The second-order valence-corrected chi connectivity index (χ2v) is 6.69. The lowest BCUT2D eigenvalue weighted by Crippen LogP contribution is -2.31. The highest BCUT2D eigenvalue weighted by Gasteiger charge is 2.15. The number of carbonyl (C=O) groups excluding carboxylic acids is 1. The Labute approximate surface area is 108 Å². The molecular formula is C12H18N2O3S. The third kappa shape index (κ3) is 4.03. The van der Waals surface area contributed by atoms with Crippen molar-refractivity contribution in [1.82, 2.24) is 4.90 Å². The van der Waals surface area contributed by atoms with Gasteiger partial charge in [-0.05, 0) is 24.6 Å². The summed E-state index contributed by atoms with van der Waals surface area (Å²) < 4.78 is 22.1. The molecule has 6 heteroatoms. The molecule has 0 radical (unpaired) electrons. The molecule has 0 bridgehead atoms. The average molecular weight is 270 g/mol. The van der Waals surface area contributed by atoms with Crippen LogP contribution < -0.4 is 5.73 Å². The van der Waals surface area contributed by atoms with Crippen molar-refractivity contribution < 1.29 is 13.2 Å². The Bertz CT molecular complexity index is 552. The van der Waals surface area contributed by atoms with E-state index in [1.165, 1.54) is 4.90 Å². The third-order valence-corrected chi connectivity index (χ3v) is 3.56. The summed E-state index contributed by atoms with van der Waals surface area (Å²) in [7, 11) is -1.49. The number of amides is 1. The van der Waals surface area contributed by atoms with Crippen LogP contribution in [0.15, 0.2) is 18.2 Å². The van der Waals surface area contributed by atoms with Crippen LogP contribution >= 0.6 is 0 Å². The summed E-state index contributed by atoms with van der Waals surface area (Å²) in [6, 6.07) is 5.10. The SMILES string of the molecule is Cc1ccc(N)cc1C(=O)N(C)CCS(C)(=O)=O. The molecule has 0 aromatic heterocycles. The minimum atomic E-state index is -3.07. The number of sulfone groups is 1. The van der Waals surface area contributed by atoms with Gasteiger partial charge in [0.05, 0.1) is 5.75 Å². The summed E-state index contributed by atoms with van der Waals surface area (Å²) in [4.78, 5) is 13.5. The number of carbonyl (C=O) groups is 1. The molecule has 0 aliphatic heterocycles. The Morgan fingerprint density at radius 2 is 2.00 bits per heavy atom. The van der Waals surface area contributed by atoms with Crippen LogP contribution in [0.4, 0.5) is 5.69 Å². The van der Waals surface area contributed by atoms with E-state index in [4.69, 9.17) is 5.73 Å². The van der Waals surface area contributed by atoms with Crippen molar-refractivity contribution in [2.45, 2.75) is 6.92 Å². The lowest BCUT2D eigenvalue weighted by molar-refractivity contribution is 0.0803. The summed E-state index contributed by atoms with van der Waals surface area (Å²) >= 11 is 0. The zero-order valence-electron chi connectivity index (χ0n) is 10.8. The molecule has 0 saturated carbocycles. The normalized spacial score (nSPS) is 11.3. The molecule has 1 rings (SSSR count). The van der Waals surface area contributed by atoms with E-state index in [2.05, 4.69) is 0 Å². The van der Waals surface area contributed by atoms with Gasteiger partial charge in [0.15, 0.2) is 0 Å². The van der Waals surface area contributed by atoms with Gasteiger partial charge in [0.2, 0.25) is 0 Å². The maximum absolute atomic E-state index is 12.1. The van der Waals surface area contributed by atoms with Gasteiger partial charge in [-0.1, -0.05) is 6.07 Å². The Kier molecular flexibility index (Phi) is 4.34. The summed E-state index contributed by atoms with van der Waals surface area (Å²) in [5, 5.41) is 0. The van der Waals surface area contributed by atoms with E-state index < -0.39 is 9.84 Å². The predicted molar refractivity (Wildman–Crippen MR) is 72.3 cm³/mol. The predicted octanol–water partition coefficient (Wildman–Crippen LogP) is 0.694. The number of hydrogen-bond acceptors (Lipinski definition) is 4. The van der Waals surface area contributed by atoms with Gasteiger partial charge in [-0.25, -0.2) is 8.42 Å². The van der Waals surface area contributed by atoms with Gasteiger partial charge >= 0.3 is 0 Å². The number of rotatable bonds is 4. The summed E-state index contributed by atoms with van der Waals surface area (Å²) in [5.74, 6) is -0.264. The van der Waals surface area contributed by atoms with Crippen molar-refractivity contribution in [1.29, 1.82) is 0 Å². The number of benzene rings is 1. The van der Waals surface area contributed by atoms with Crippen LogP contribution in [0.3, 0.4) is 0 Å². The first kappa shape index (κ1) is 14.5. The Morgan fingerprint density at radius 3 is 2.56 bits per heavy atom. The van der Waals surface area contributed by atoms with Gasteiger partial charge in [0, 0.05) is 31.1 Å². The second kappa shape index (κ2) is 5.39. The second-order valence-electron chi connectivity index (χ2n) is 4.43. The molecule has 0 heterocycles. The quantitative estimate of drug-likeness (QED) is 0.816. The van der Waals surface area contributed by atoms with Crippen LogP contribution in [0, 0.1) is 6.92 Å². The fourth-order valence-electron chi connectivity index (χ4n) is 1.48. The van der Waals surface area contributed by atoms with E-state index in [0.29, 0.717) is 11.3 Å². The number of hydrogen-bond donors (Lipinski definition) is 1. The molecule has 1 aromatic carbocycles. The molecule has 0 fully saturated rings. The van der Waals surface area contributed by atoms with Crippen LogP contribution in [-0.4, -0.2) is 44.8 Å². The van der Waals surface area contributed by atoms with Crippen molar-refractivity contribution in [2.24, 2.45) is 0 Å². The molecule has 2 N–H and O–H groups in total. The molecule has 0 spiro atoms. The molecule has 0 aliphatic rings. The topological polar surface area (TPSA) is 80.5 Å². The molecule has 1 aromatic rings. The van der Waals surface area contributed by atoms with Crippen molar-refractivity contribution in [3.63, 3.8) is 0 Å². The first-order valence-electron chi connectivity index (χ1n) is 5.50. The maximum Gasteiger partial charge on any atom is 0.253 e. The van der Waals surface area contributed by atoms with Crippen LogP contribution in [0.2, 0.25) is 0 Å². The standard InChI is InChI=1S/C12H18N2O3S/c1-9-4-5-10(13)8-11(9)12(15)14(2)6-7-18(3,16)17/h4-5,8H,6-7,13H2,1-3H3. The smallest absolute Gasteiger partial charge is 0.253 e. The fraction of sp³-hybridized carbons (Fsp3) is 0.417. The number of aryl methyl sites for hydroxylation is 1. The Morgan fingerprint density at radius 1 is 1.39 bits per heavy atom.